The predicted octanol–water partition coefficient (Wildman–Crippen LogP) is 0.516. The van der Waals surface area contributed by atoms with E-state index in [1.807, 2.05) is 0 Å². The van der Waals surface area contributed by atoms with Crippen molar-refractivity contribution in [3.63, 3.8) is 0 Å². The highest BCUT2D eigenvalue weighted by atomic mass is 127. The lowest BCUT2D eigenvalue weighted by molar-refractivity contribution is 0.464. The molecule has 0 fully saturated rings. The first-order valence-electron chi connectivity index (χ1n) is 4.35. The number of rotatable bonds is 3. The maximum Gasteiger partial charge on any atom is 0.408 e. The summed E-state index contributed by atoms with van der Waals surface area (Å²) in [6, 6.07) is 0.300. The summed E-state index contributed by atoms with van der Waals surface area (Å²) < 4.78 is 93.1. The van der Waals surface area contributed by atoms with Crippen molar-refractivity contribution < 1.29 is 38.9 Å². The highest BCUT2D eigenvalue weighted by Crippen LogP contribution is 2.38. The van der Waals surface area contributed by atoms with Crippen molar-refractivity contribution in [2.24, 2.45) is 0 Å². The molecule has 3 N–H and O–H groups in total. The van der Waals surface area contributed by atoms with E-state index in [1.54, 1.807) is 0 Å². The first kappa shape index (κ1) is 18.1. The van der Waals surface area contributed by atoms with Crippen molar-refractivity contribution in [2.45, 2.75) is 14.7 Å². The minimum atomic E-state index is -5.36. The lowest BCUT2D eigenvalue weighted by Crippen LogP contribution is -2.14. The van der Waals surface area contributed by atoms with E-state index in [4.69, 9.17) is 19.1 Å². The molecule has 1 aromatic rings. The fraction of sp³-hybridized carbons (Fsp3) is 0. The molecule has 116 valence electrons. The average molecular weight is 471 g/mol. The fourth-order valence-corrected chi connectivity index (χ4v) is 6.26. The summed E-state index contributed by atoms with van der Waals surface area (Å²) in [5.74, 6) is 0. The summed E-state index contributed by atoms with van der Waals surface area (Å²) in [5, 5.41) is 8.65. The van der Waals surface area contributed by atoms with Crippen molar-refractivity contribution >= 4 is 58.6 Å². The molecular weight excluding hydrogens is 467 g/mol. The molecule has 0 heterocycles. The standard InChI is InChI=1S/C6H3IN2O9S3/c7-4-3(19(10,11)12)1-2(9-8)5(20(13,14)15)6(4)21(16,17)18/h1H,(H2-,10,11,12,13,14,15,16,17,18)/p+1. The topological polar surface area (TPSA) is 191 Å². The molecule has 1 aromatic carbocycles. The van der Waals surface area contributed by atoms with Crippen LogP contribution in [0.25, 0.3) is 4.98 Å². The van der Waals surface area contributed by atoms with E-state index in [-0.39, 0.29) is 0 Å². The van der Waals surface area contributed by atoms with Gasteiger partial charge in [0.05, 0.1) is 9.64 Å². The molecule has 0 aromatic heterocycles. The number of hydrogen-bond donors (Lipinski definition) is 3. The molecule has 0 bridgehead atoms. The molecule has 11 nitrogen and oxygen atoms in total. The highest BCUT2D eigenvalue weighted by Gasteiger charge is 2.40. The van der Waals surface area contributed by atoms with E-state index in [9.17, 15) is 25.3 Å². The molecule has 0 radical (unpaired) electrons. The van der Waals surface area contributed by atoms with Crippen LogP contribution in [0, 0.1) is 8.96 Å². The van der Waals surface area contributed by atoms with E-state index in [0.717, 1.165) is 22.6 Å². The highest BCUT2D eigenvalue weighted by molar-refractivity contribution is 14.1. The van der Waals surface area contributed by atoms with Gasteiger partial charge in [0.15, 0.2) is 4.98 Å². The Morgan fingerprint density at radius 2 is 1.33 bits per heavy atom. The summed E-state index contributed by atoms with van der Waals surface area (Å²) in [6.45, 7) is 0. The second kappa shape index (κ2) is 5.38. The second-order valence-corrected chi connectivity index (χ2v) is 8.58. The van der Waals surface area contributed by atoms with Gasteiger partial charge in [-0.2, -0.15) is 25.3 Å². The van der Waals surface area contributed by atoms with Crippen LogP contribution in [0.5, 0.6) is 0 Å². The van der Waals surface area contributed by atoms with E-state index in [1.165, 1.54) is 0 Å². The second-order valence-electron chi connectivity index (χ2n) is 3.39. The van der Waals surface area contributed by atoms with Crippen LogP contribution in [-0.4, -0.2) is 38.9 Å². The monoisotopic (exact) mass is 471 g/mol. The van der Waals surface area contributed by atoms with Crippen LogP contribution in [0.15, 0.2) is 20.8 Å². The lowest BCUT2D eigenvalue weighted by atomic mass is 10.3. The van der Waals surface area contributed by atoms with Crippen LogP contribution in [0.1, 0.15) is 0 Å². The number of benzene rings is 1. The Morgan fingerprint density at radius 1 is 0.905 bits per heavy atom. The van der Waals surface area contributed by atoms with Gasteiger partial charge in [-0.25, -0.2) is 0 Å². The van der Waals surface area contributed by atoms with Crippen molar-refractivity contribution in [3.8, 4) is 0 Å². The molecule has 1 rings (SSSR count). The molecule has 0 saturated carbocycles. The zero-order valence-corrected chi connectivity index (χ0v) is 14.0. The van der Waals surface area contributed by atoms with E-state index >= 15 is 0 Å². The number of halogens is 1. The molecule has 21 heavy (non-hydrogen) atoms. The summed E-state index contributed by atoms with van der Waals surface area (Å²) >= 11 is 1.01. The van der Waals surface area contributed by atoms with Gasteiger partial charge in [-0.05, 0) is 22.6 Å². The average Bonchev–Trinajstić information content (AvgIpc) is 2.23. The lowest BCUT2D eigenvalue weighted by Gasteiger charge is -2.07. The quantitative estimate of drug-likeness (QED) is 0.318. The van der Waals surface area contributed by atoms with Gasteiger partial charge in [0.25, 0.3) is 20.2 Å². The van der Waals surface area contributed by atoms with Gasteiger partial charge in [-0.3, -0.25) is 13.7 Å². The molecule has 0 atom stereocenters. The van der Waals surface area contributed by atoms with E-state index < -0.39 is 54.3 Å². The zero-order chi connectivity index (χ0) is 16.8. The number of nitrogens with zero attached hydrogens (tertiary/aromatic N) is 2. The van der Waals surface area contributed by atoms with E-state index in [0.29, 0.717) is 6.07 Å². The van der Waals surface area contributed by atoms with Crippen LogP contribution in [0.4, 0.5) is 5.69 Å². The molecule has 0 aliphatic rings. The Balaban J connectivity index is 4.32. The Labute approximate surface area is 132 Å². The van der Waals surface area contributed by atoms with Crippen molar-refractivity contribution in [2.75, 3.05) is 0 Å². The smallest absolute Gasteiger partial charge is 0.282 e. The molecule has 0 spiro atoms. The van der Waals surface area contributed by atoms with E-state index in [2.05, 4.69) is 4.98 Å². The Kier molecular flexibility index (Phi) is 4.65. The zero-order valence-electron chi connectivity index (χ0n) is 9.37. The summed E-state index contributed by atoms with van der Waals surface area (Å²) in [4.78, 5) is -1.90. The fourth-order valence-electron chi connectivity index (χ4n) is 1.32. The Hall–Kier alpha value is -0.900. The van der Waals surface area contributed by atoms with Gasteiger partial charge < -0.3 is 0 Å². The minimum absolute atomic E-state index is 0.300. The third kappa shape index (κ3) is 3.65. The minimum Gasteiger partial charge on any atom is -0.282 e. The number of hydrogen-bond acceptors (Lipinski definition) is 7. The molecule has 0 amide bonds. The Bertz CT molecular complexity index is 971. The Morgan fingerprint density at radius 3 is 1.62 bits per heavy atom. The van der Waals surface area contributed by atoms with Gasteiger partial charge in [0, 0.05) is 0 Å². The van der Waals surface area contributed by atoms with Gasteiger partial charge >= 0.3 is 15.8 Å². The molecule has 0 aliphatic carbocycles. The van der Waals surface area contributed by atoms with Gasteiger partial charge in [-0.15, -0.1) is 0 Å². The maximum absolute atomic E-state index is 11.2. The molecular formula is C6H4IN2O9S3+. The summed E-state index contributed by atoms with van der Waals surface area (Å²) in [6.07, 6.45) is 0. The first-order valence-corrected chi connectivity index (χ1v) is 9.75. The van der Waals surface area contributed by atoms with Crippen molar-refractivity contribution in [3.05, 3.63) is 14.6 Å². The predicted molar refractivity (Wildman–Crippen MR) is 73.3 cm³/mol. The third-order valence-corrected chi connectivity index (χ3v) is 6.74. The van der Waals surface area contributed by atoms with Gasteiger partial charge in [0.1, 0.15) is 9.79 Å². The normalized spacial score (nSPS) is 12.9. The summed E-state index contributed by atoms with van der Waals surface area (Å²) in [7, 11) is -15.7. The molecule has 0 aliphatic heterocycles. The molecule has 0 unspecified atom stereocenters. The van der Waals surface area contributed by atoms with Crippen molar-refractivity contribution in [1.29, 1.82) is 5.39 Å². The van der Waals surface area contributed by atoms with Crippen LogP contribution < -0.4 is 0 Å². The molecule has 0 saturated heterocycles. The van der Waals surface area contributed by atoms with Crippen molar-refractivity contribution in [1.82, 2.24) is 0 Å². The maximum atomic E-state index is 11.2. The summed E-state index contributed by atoms with van der Waals surface area (Å²) in [5.41, 5.74) is -1.21. The van der Waals surface area contributed by atoms with Gasteiger partial charge in [-0.1, -0.05) is 0 Å². The van der Waals surface area contributed by atoms with Crippen LogP contribution in [0.3, 0.4) is 0 Å². The third-order valence-electron chi connectivity index (χ3n) is 2.02. The van der Waals surface area contributed by atoms with Crippen LogP contribution >= 0.6 is 22.6 Å². The van der Waals surface area contributed by atoms with Gasteiger partial charge in [0.2, 0.25) is 10.3 Å². The van der Waals surface area contributed by atoms with Crippen LogP contribution in [-0.2, 0) is 30.4 Å². The SMILES string of the molecule is N#[N+]c1cc(S(=O)(=O)O)c(I)c(S(=O)(=O)O)c1S(=O)(=O)O. The molecule has 15 heteroatoms. The largest absolute Gasteiger partial charge is 0.408 e. The first-order chi connectivity index (χ1) is 9.21. The van der Waals surface area contributed by atoms with Crippen LogP contribution in [0.2, 0.25) is 0 Å². The number of diazo groups is 1.